The zero-order chi connectivity index (χ0) is 18.7. The molecule has 0 amide bonds. The summed E-state index contributed by atoms with van der Waals surface area (Å²) in [6.45, 7) is 1.23. The van der Waals surface area contributed by atoms with E-state index in [1.54, 1.807) is 38.5 Å². The molecule has 0 atom stereocenters. The van der Waals surface area contributed by atoms with Crippen molar-refractivity contribution >= 4 is 17.3 Å². The Hall–Kier alpha value is -2.42. The van der Waals surface area contributed by atoms with Crippen molar-refractivity contribution in [2.75, 3.05) is 32.2 Å². The van der Waals surface area contributed by atoms with E-state index in [2.05, 4.69) is 11.0 Å². The smallest absolute Gasteiger partial charge is 0.122 e. The molecule has 1 saturated heterocycles. The van der Waals surface area contributed by atoms with Crippen molar-refractivity contribution in [1.82, 2.24) is 0 Å². The summed E-state index contributed by atoms with van der Waals surface area (Å²) in [6.07, 6.45) is 1.06. The molecule has 0 unspecified atom stereocenters. The minimum atomic E-state index is -0.969. The number of hydrogen-bond acceptors (Lipinski definition) is 5. The molecule has 0 radical (unpaired) electrons. The molecular weight excluding hydrogens is 352 g/mol. The zero-order valence-electron chi connectivity index (χ0n) is 14.8. The van der Waals surface area contributed by atoms with Crippen LogP contribution in [0.2, 0.25) is 5.02 Å². The van der Waals surface area contributed by atoms with Gasteiger partial charge in [0.1, 0.15) is 17.6 Å². The highest BCUT2D eigenvalue weighted by Crippen LogP contribution is 2.38. The van der Waals surface area contributed by atoms with Gasteiger partial charge in [-0.1, -0.05) is 11.6 Å². The normalized spacial score (nSPS) is 16.0. The second kappa shape index (κ2) is 7.45. The SMILES string of the molecule is COc1cc(OC)cc(C2(O)CCN(c3cc(Cl)ccc3C#N)CC2)c1. The summed E-state index contributed by atoms with van der Waals surface area (Å²) in [6, 6.07) is 12.9. The van der Waals surface area contributed by atoms with Gasteiger partial charge in [0.15, 0.2) is 0 Å². The van der Waals surface area contributed by atoms with Gasteiger partial charge in [-0.2, -0.15) is 5.26 Å². The van der Waals surface area contributed by atoms with Crippen molar-refractivity contribution < 1.29 is 14.6 Å². The lowest BCUT2D eigenvalue weighted by molar-refractivity contribution is 0.0114. The van der Waals surface area contributed by atoms with E-state index in [-0.39, 0.29) is 0 Å². The number of nitriles is 1. The van der Waals surface area contributed by atoms with E-state index >= 15 is 0 Å². The van der Waals surface area contributed by atoms with Gasteiger partial charge in [-0.15, -0.1) is 0 Å². The van der Waals surface area contributed by atoms with Crippen LogP contribution < -0.4 is 14.4 Å². The van der Waals surface area contributed by atoms with Crippen molar-refractivity contribution in [2.45, 2.75) is 18.4 Å². The first-order chi connectivity index (χ1) is 12.5. The van der Waals surface area contributed by atoms with E-state index in [9.17, 15) is 10.4 Å². The van der Waals surface area contributed by atoms with Crippen LogP contribution in [0.3, 0.4) is 0 Å². The second-order valence-electron chi connectivity index (χ2n) is 6.39. The summed E-state index contributed by atoms with van der Waals surface area (Å²) < 4.78 is 10.6. The Balaban J connectivity index is 1.84. The molecule has 1 aliphatic rings. The fraction of sp³-hybridized carbons (Fsp3) is 0.350. The standard InChI is InChI=1S/C20H21ClN2O3/c1-25-17-9-15(10-18(12-17)26-2)20(24)5-7-23(8-6-20)19-11-16(21)4-3-14(19)13-22/h3-4,9-12,24H,5-8H2,1-2H3. The Kier molecular flexibility index (Phi) is 5.26. The topological polar surface area (TPSA) is 65.7 Å². The third kappa shape index (κ3) is 3.57. The zero-order valence-corrected chi connectivity index (χ0v) is 15.6. The number of ether oxygens (including phenoxy) is 2. The number of methoxy groups -OCH3 is 2. The number of halogens is 1. The number of aliphatic hydroxyl groups is 1. The second-order valence-corrected chi connectivity index (χ2v) is 6.83. The molecule has 0 bridgehead atoms. The van der Waals surface area contributed by atoms with Crippen molar-refractivity contribution in [3.8, 4) is 17.6 Å². The lowest BCUT2D eigenvalue weighted by Gasteiger charge is -2.40. The molecule has 0 aromatic heterocycles. The van der Waals surface area contributed by atoms with Crippen LogP contribution in [-0.2, 0) is 5.60 Å². The summed E-state index contributed by atoms with van der Waals surface area (Å²) in [5.41, 5.74) is 1.21. The van der Waals surface area contributed by atoms with Gasteiger partial charge < -0.3 is 19.5 Å². The van der Waals surface area contributed by atoms with Crippen LogP contribution in [0.15, 0.2) is 36.4 Å². The van der Waals surface area contributed by atoms with Crippen molar-refractivity contribution in [2.24, 2.45) is 0 Å². The molecule has 1 N–H and O–H groups in total. The largest absolute Gasteiger partial charge is 0.497 e. The highest BCUT2D eigenvalue weighted by atomic mass is 35.5. The monoisotopic (exact) mass is 372 g/mol. The molecule has 1 heterocycles. The van der Waals surface area contributed by atoms with Crippen molar-refractivity contribution in [3.63, 3.8) is 0 Å². The van der Waals surface area contributed by atoms with Gasteiger partial charge in [-0.25, -0.2) is 0 Å². The molecule has 5 nitrogen and oxygen atoms in total. The van der Waals surface area contributed by atoms with Gasteiger partial charge in [-0.05, 0) is 48.7 Å². The Bertz CT molecular complexity index is 817. The molecule has 0 saturated carbocycles. The van der Waals surface area contributed by atoms with E-state index in [4.69, 9.17) is 21.1 Å². The summed E-state index contributed by atoms with van der Waals surface area (Å²) >= 11 is 6.10. The fourth-order valence-corrected chi connectivity index (χ4v) is 3.51. The maximum atomic E-state index is 11.2. The first kappa shape index (κ1) is 18.4. The highest BCUT2D eigenvalue weighted by molar-refractivity contribution is 6.30. The van der Waals surface area contributed by atoms with Gasteiger partial charge in [0.05, 0.1) is 31.1 Å². The third-order valence-corrected chi connectivity index (χ3v) is 5.14. The van der Waals surface area contributed by atoms with E-state index < -0.39 is 5.60 Å². The molecule has 2 aromatic carbocycles. The minimum absolute atomic E-state index is 0.528. The van der Waals surface area contributed by atoms with Crippen molar-refractivity contribution in [3.05, 3.63) is 52.5 Å². The summed E-state index contributed by atoms with van der Waals surface area (Å²) in [4.78, 5) is 2.09. The lowest BCUT2D eigenvalue weighted by Crippen LogP contribution is -2.43. The molecule has 0 spiro atoms. The van der Waals surface area contributed by atoms with Crippen LogP contribution in [0.25, 0.3) is 0 Å². The van der Waals surface area contributed by atoms with Gasteiger partial charge in [0.25, 0.3) is 0 Å². The first-order valence-corrected chi connectivity index (χ1v) is 8.77. The van der Waals surface area contributed by atoms with E-state index in [1.165, 1.54) is 0 Å². The molecular formula is C20H21ClN2O3. The van der Waals surface area contributed by atoms with Crippen LogP contribution in [0.4, 0.5) is 5.69 Å². The van der Waals surface area contributed by atoms with E-state index in [0.29, 0.717) is 48.0 Å². The predicted molar refractivity (Wildman–Crippen MR) is 101 cm³/mol. The van der Waals surface area contributed by atoms with Crippen LogP contribution >= 0.6 is 11.6 Å². The van der Waals surface area contributed by atoms with Crippen LogP contribution in [0.1, 0.15) is 24.0 Å². The van der Waals surface area contributed by atoms with Crippen LogP contribution in [0.5, 0.6) is 11.5 Å². The highest BCUT2D eigenvalue weighted by Gasteiger charge is 2.35. The maximum absolute atomic E-state index is 11.2. The molecule has 136 valence electrons. The molecule has 1 fully saturated rings. The molecule has 1 aliphatic heterocycles. The lowest BCUT2D eigenvalue weighted by atomic mass is 9.84. The van der Waals surface area contributed by atoms with Crippen LogP contribution in [0, 0.1) is 11.3 Å². The number of piperidine rings is 1. The van der Waals surface area contributed by atoms with Gasteiger partial charge in [0.2, 0.25) is 0 Å². The number of anilines is 1. The summed E-state index contributed by atoms with van der Waals surface area (Å²) in [5, 5.41) is 21.1. The predicted octanol–water partition coefficient (Wildman–Crippen LogP) is 3.72. The Morgan fingerprint density at radius 3 is 2.23 bits per heavy atom. The molecule has 26 heavy (non-hydrogen) atoms. The first-order valence-electron chi connectivity index (χ1n) is 8.39. The molecule has 3 rings (SSSR count). The Labute approximate surface area is 158 Å². The number of benzene rings is 2. The quantitative estimate of drug-likeness (QED) is 0.886. The maximum Gasteiger partial charge on any atom is 0.122 e. The minimum Gasteiger partial charge on any atom is -0.497 e. The van der Waals surface area contributed by atoms with Crippen LogP contribution in [-0.4, -0.2) is 32.4 Å². The summed E-state index contributed by atoms with van der Waals surface area (Å²) in [5.74, 6) is 1.30. The average molecular weight is 373 g/mol. The van der Waals surface area contributed by atoms with E-state index in [0.717, 1.165) is 11.3 Å². The molecule has 0 aliphatic carbocycles. The van der Waals surface area contributed by atoms with E-state index in [1.807, 2.05) is 12.1 Å². The number of rotatable bonds is 4. The number of hydrogen-bond donors (Lipinski definition) is 1. The fourth-order valence-electron chi connectivity index (χ4n) is 3.34. The van der Waals surface area contributed by atoms with Gasteiger partial charge in [-0.3, -0.25) is 0 Å². The molecule has 2 aromatic rings. The number of nitrogens with zero attached hydrogens (tertiary/aromatic N) is 2. The summed E-state index contributed by atoms with van der Waals surface area (Å²) in [7, 11) is 3.18. The Morgan fingerprint density at radius 1 is 1.08 bits per heavy atom. The molecule has 6 heteroatoms. The third-order valence-electron chi connectivity index (χ3n) is 4.90. The van der Waals surface area contributed by atoms with Gasteiger partial charge >= 0.3 is 0 Å². The Morgan fingerprint density at radius 2 is 1.69 bits per heavy atom. The average Bonchev–Trinajstić information content (AvgIpc) is 2.68. The van der Waals surface area contributed by atoms with Crippen molar-refractivity contribution in [1.29, 1.82) is 5.26 Å². The van der Waals surface area contributed by atoms with Gasteiger partial charge in [0, 0.05) is 24.2 Å².